The first kappa shape index (κ1) is 14.1. The normalized spacial score (nSPS) is 14.1. The first-order valence-corrected chi connectivity index (χ1v) is 6.86. The van der Waals surface area contributed by atoms with Gasteiger partial charge in [-0.25, -0.2) is 0 Å². The van der Waals surface area contributed by atoms with Crippen molar-refractivity contribution >= 4 is 11.6 Å². The first-order valence-electron chi connectivity index (χ1n) is 6.86. The minimum absolute atomic E-state index is 0.155. The van der Waals surface area contributed by atoms with E-state index in [0.29, 0.717) is 12.5 Å². The molecule has 0 atom stereocenters. The van der Waals surface area contributed by atoms with Crippen LogP contribution < -0.4 is 10.2 Å². The number of para-hydroxylation sites is 1. The van der Waals surface area contributed by atoms with E-state index in [2.05, 4.69) is 11.4 Å². The van der Waals surface area contributed by atoms with Crippen LogP contribution >= 0.6 is 0 Å². The van der Waals surface area contributed by atoms with Gasteiger partial charge in [0.15, 0.2) is 0 Å². The van der Waals surface area contributed by atoms with E-state index in [0.717, 1.165) is 18.7 Å². The lowest BCUT2D eigenvalue weighted by atomic mass is 10.2. The molecule has 0 aromatic heterocycles. The van der Waals surface area contributed by atoms with Crippen molar-refractivity contribution in [3.8, 4) is 6.07 Å². The molecule has 20 heavy (non-hydrogen) atoms. The smallest absolute Gasteiger partial charge is 0.263 e. The van der Waals surface area contributed by atoms with Crippen LogP contribution in [0.25, 0.3) is 0 Å². The summed E-state index contributed by atoms with van der Waals surface area (Å²) in [6.07, 6.45) is 2.60. The van der Waals surface area contributed by atoms with Gasteiger partial charge < -0.3 is 10.2 Å². The number of carbonyl (C=O) groups excluding carboxylic acids is 1. The van der Waals surface area contributed by atoms with Crippen molar-refractivity contribution in [2.24, 2.45) is 5.92 Å². The average molecular weight is 269 g/mol. The van der Waals surface area contributed by atoms with Gasteiger partial charge in [0, 0.05) is 25.0 Å². The molecule has 0 saturated heterocycles. The van der Waals surface area contributed by atoms with Gasteiger partial charge in [-0.1, -0.05) is 32.0 Å². The van der Waals surface area contributed by atoms with Crippen molar-refractivity contribution in [3.63, 3.8) is 0 Å². The lowest BCUT2D eigenvalue weighted by Crippen LogP contribution is -2.29. The highest BCUT2D eigenvalue weighted by atomic mass is 16.1. The Kier molecular flexibility index (Phi) is 4.41. The molecule has 4 heteroatoms. The van der Waals surface area contributed by atoms with Crippen molar-refractivity contribution in [2.75, 3.05) is 18.0 Å². The predicted molar refractivity (Wildman–Crippen MR) is 79.0 cm³/mol. The highest BCUT2D eigenvalue weighted by Crippen LogP contribution is 2.27. The number of fused-ring (bicyclic) bond motifs is 1. The molecule has 0 bridgehead atoms. The maximum absolute atomic E-state index is 11.9. The number of nitrogens with zero attached hydrogens (tertiary/aromatic N) is 2. The standard InChI is InChI=1S/C16H19N3O/c1-12(2)10-18-16(20)14(9-17)11-19-8-7-13-5-3-4-6-15(13)19/h3-6,11-12H,7-8,10H2,1-2H3,(H,18,20)/b14-11-. The Morgan fingerprint density at radius 1 is 1.50 bits per heavy atom. The summed E-state index contributed by atoms with van der Waals surface area (Å²) in [6, 6.07) is 10.1. The fourth-order valence-electron chi connectivity index (χ4n) is 2.18. The average Bonchev–Trinajstić information content (AvgIpc) is 2.85. The van der Waals surface area contributed by atoms with Crippen LogP contribution in [-0.2, 0) is 11.2 Å². The van der Waals surface area contributed by atoms with Gasteiger partial charge in [0.1, 0.15) is 11.6 Å². The molecule has 0 saturated carbocycles. The van der Waals surface area contributed by atoms with Crippen LogP contribution in [-0.4, -0.2) is 19.0 Å². The van der Waals surface area contributed by atoms with Gasteiger partial charge in [-0.3, -0.25) is 4.79 Å². The van der Waals surface area contributed by atoms with Crippen molar-refractivity contribution in [3.05, 3.63) is 41.6 Å². The van der Waals surface area contributed by atoms with Gasteiger partial charge in [-0.15, -0.1) is 0 Å². The molecule has 2 rings (SSSR count). The summed E-state index contributed by atoms with van der Waals surface area (Å²) in [5, 5.41) is 11.9. The zero-order valence-electron chi connectivity index (χ0n) is 11.9. The maximum Gasteiger partial charge on any atom is 0.263 e. The summed E-state index contributed by atoms with van der Waals surface area (Å²) in [7, 11) is 0. The van der Waals surface area contributed by atoms with Crippen molar-refractivity contribution < 1.29 is 4.79 Å². The van der Waals surface area contributed by atoms with Crippen molar-refractivity contribution in [1.29, 1.82) is 5.26 Å². The van der Waals surface area contributed by atoms with E-state index in [-0.39, 0.29) is 11.5 Å². The summed E-state index contributed by atoms with van der Waals surface area (Å²) in [6.45, 7) is 5.43. The number of rotatable bonds is 4. The van der Waals surface area contributed by atoms with Gasteiger partial charge in [0.05, 0.1) is 0 Å². The summed E-state index contributed by atoms with van der Waals surface area (Å²) in [5.74, 6) is 0.0667. The Hall–Kier alpha value is -2.28. The lowest BCUT2D eigenvalue weighted by Gasteiger charge is -2.15. The van der Waals surface area contributed by atoms with E-state index >= 15 is 0 Å². The molecule has 0 spiro atoms. The number of nitrogens with one attached hydrogen (secondary N) is 1. The third-order valence-corrected chi connectivity index (χ3v) is 3.24. The zero-order chi connectivity index (χ0) is 14.5. The monoisotopic (exact) mass is 269 g/mol. The Morgan fingerprint density at radius 3 is 2.95 bits per heavy atom. The number of benzene rings is 1. The van der Waals surface area contributed by atoms with Crippen molar-refractivity contribution in [1.82, 2.24) is 5.32 Å². The molecule has 0 aliphatic carbocycles. The number of amides is 1. The quantitative estimate of drug-likeness (QED) is 0.673. The molecule has 1 aliphatic heterocycles. The Morgan fingerprint density at radius 2 is 2.25 bits per heavy atom. The van der Waals surface area contributed by atoms with E-state index in [1.54, 1.807) is 6.20 Å². The Bertz CT molecular complexity index is 569. The minimum Gasteiger partial charge on any atom is -0.351 e. The molecule has 4 nitrogen and oxygen atoms in total. The number of carbonyl (C=O) groups is 1. The molecular weight excluding hydrogens is 250 g/mol. The van der Waals surface area contributed by atoms with Crippen LogP contribution in [0.4, 0.5) is 5.69 Å². The highest BCUT2D eigenvalue weighted by Gasteiger charge is 2.19. The second-order valence-electron chi connectivity index (χ2n) is 5.33. The number of anilines is 1. The van der Waals surface area contributed by atoms with E-state index in [4.69, 9.17) is 5.26 Å². The van der Waals surface area contributed by atoms with Gasteiger partial charge in [0.25, 0.3) is 5.91 Å². The van der Waals surface area contributed by atoms with Gasteiger partial charge in [0.2, 0.25) is 0 Å². The van der Waals surface area contributed by atoms with E-state index in [1.165, 1.54) is 5.56 Å². The molecule has 1 heterocycles. The van der Waals surface area contributed by atoms with E-state index in [9.17, 15) is 4.79 Å². The van der Waals surface area contributed by atoms with Crippen LogP contribution in [0.3, 0.4) is 0 Å². The van der Waals surface area contributed by atoms with Crippen molar-refractivity contribution in [2.45, 2.75) is 20.3 Å². The predicted octanol–water partition coefficient (Wildman–Crippen LogP) is 2.23. The van der Waals surface area contributed by atoms with E-state index < -0.39 is 0 Å². The largest absolute Gasteiger partial charge is 0.351 e. The Labute approximate surface area is 119 Å². The minimum atomic E-state index is -0.300. The highest BCUT2D eigenvalue weighted by molar-refractivity contribution is 5.97. The molecule has 0 radical (unpaired) electrons. The molecule has 1 aromatic carbocycles. The molecule has 104 valence electrons. The zero-order valence-corrected chi connectivity index (χ0v) is 11.9. The first-order chi connectivity index (χ1) is 9.61. The molecule has 1 aliphatic rings. The summed E-state index contributed by atoms with van der Waals surface area (Å²) in [5.41, 5.74) is 2.49. The summed E-state index contributed by atoms with van der Waals surface area (Å²) >= 11 is 0. The van der Waals surface area contributed by atoms with Crippen LogP contribution in [0.5, 0.6) is 0 Å². The number of hydrogen-bond donors (Lipinski definition) is 1. The number of hydrogen-bond acceptors (Lipinski definition) is 3. The van der Waals surface area contributed by atoms with Crippen LogP contribution in [0.2, 0.25) is 0 Å². The Balaban J connectivity index is 2.13. The summed E-state index contributed by atoms with van der Waals surface area (Å²) < 4.78 is 0. The number of nitriles is 1. The maximum atomic E-state index is 11.9. The molecule has 1 N–H and O–H groups in total. The topological polar surface area (TPSA) is 56.1 Å². The third-order valence-electron chi connectivity index (χ3n) is 3.24. The van der Waals surface area contributed by atoms with Gasteiger partial charge >= 0.3 is 0 Å². The molecule has 0 fully saturated rings. The SMILES string of the molecule is CC(C)CNC(=O)/C(C#N)=C\N1CCc2ccccc21. The summed E-state index contributed by atoms with van der Waals surface area (Å²) in [4.78, 5) is 13.9. The van der Waals surface area contributed by atoms with Gasteiger partial charge in [-0.2, -0.15) is 5.26 Å². The van der Waals surface area contributed by atoms with Crippen LogP contribution in [0.15, 0.2) is 36.0 Å². The van der Waals surface area contributed by atoms with Crippen LogP contribution in [0, 0.1) is 17.2 Å². The molecule has 1 amide bonds. The fraction of sp³-hybridized carbons (Fsp3) is 0.375. The van der Waals surface area contributed by atoms with Gasteiger partial charge in [-0.05, 0) is 24.0 Å². The molecule has 1 aromatic rings. The fourth-order valence-corrected chi connectivity index (χ4v) is 2.18. The van der Waals surface area contributed by atoms with Crippen LogP contribution in [0.1, 0.15) is 19.4 Å². The third kappa shape index (κ3) is 3.18. The second kappa shape index (κ2) is 6.25. The molecule has 0 unspecified atom stereocenters. The van der Waals surface area contributed by atoms with E-state index in [1.807, 2.05) is 43.0 Å². The second-order valence-corrected chi connectivity index (χ2v) is 5.33. The molecular formula is C16H19N3O. The lowest BCUT2D eigenvalue weighted by molar-refractivity contribution is -0.117.